The van der Waals surface area contributed by atoms with Crippen LogP contribution in [0.4, 0.5) is 0 Å². The molecule has 1 aliphatic rings. The molecule has 1 saturated carbocycles. The molecule has 120 valence electrons. The Hall–Kier alpha value is -2.17. The van der Waals surface area contributed by atoms with E-state index in [1.807, 2.05) is 24.5 Å². The van der Waals surface area contributed by atoms with Crippen LogP contribution in [0.5, 0.6) is 0 Å². The summed E-state index contributed by atoms with van der Waals surface area (Å²) in [6, 6.07) is 5.97. The predicted octanol–water partition coefficient (Wildman–Crippen LogP) is 3.71. The van der Waals surface area contributed by atoms with Crippen molar-refractivity contribution in [3.63, 3.8) is 0 Å². The zero-order valence-corrected chi connectivity index (χ0v) is 14.7. The van der Waals surface area contributed by atoms with E-state index in [0.29, 0.717) is 11.7 Å². The Morgan fingerprint density at radius 1 is 1.29 bits per heavy atom. The lowest BCUT2D eigenvalue weighted by atomic mass is 9.83. The zero-order chi connectivity index (χ0) is 16.4. The highest BCUT2D eigenvalue weighted by molar-refractivity contribution is 7.98. The lowest BCUT2D eigenvalue weighted by Gasteiger charge is -2.22. The van der Waals surface area contributed by atoms with Gasteiger partial charge in [-0.1, -0.05) is 18.4 Å². The molecule has 4 rings (SSSR count). The molecule has 2 aromatic heterocycles. The van der Waals surface area contributed by atoms with Crippen molar-refractivity contribution in [3.05, 3.63) is 39.8 Å². The van der Waals surface area contributed by atoms with E-state index in [9.17, 15) is 0 Å². The van der Waals surface area contributed by atoms with E-state index in [4.69, 9.17) is 0 Å². The first-order valence-electron chi connectivity index (χ1n) is 7.73. The molecule has 7 heteroatoms. The fourth-order valence-corrected chi connectivity index (χ4v) is 4.13. The fourth-order valence-electron chi connectivity index (χ4n) is 2.66. The molecule has 24 heavy (non-hydrogen) atoms. The molecule has 0 saturated heterocycles. The minimum Gasteiger partial charge on any atom is -0.232 e. The van der Waals surface area contributed by atoms with E-state index < -0.39 is 0 Å². The number of nitrogens with zero attached hydrogens (tertiary/aromatic N) is 4. The molecule has 1 aliphatic carbocycles. The maximum Gasteiger partial charge on any atom is 0.205 e. The van der Waals surface area contributed by atoms with Crippen LogP contribution in [0, 0.1) is 11.8 Å². The molecule has 0 spiro atoms. The number of thiazole rings is 1. The molecule has 0 unspecified atom stereocenters. The summed E-state index contributed by atoms with van der Waals surface area (Å²) in [5.41, 5.74) is 3.11. The molecular weight excluding hydrogens is 338 g/mol. The minimum atomic E-state index is 0.588. The lowest BCUT2D eigenvalue weighted by molar-refractivity contribution is 0.412. The van der Waals surface area contributed by atoms with Crippen molar-refractivity contribution in [1.29, 1.82) is 0 Å². The quantitative estimate of drug-likeness (QED) is 0.574. The van der Waals surface area contributed by atoms with Gasteiger partial charge in [0.15, 0.2) is 5.01 Å². The second-order valence-corrected chi connectivity index (χ2v) is 7.25. The largest absolute Gasteiger partial charge is 0.232 e. The fraction of sp³-hybridized carbons (Fsp3) is 0.294. The van der Waals surface area contributed by atoms with Gasteiger partial charge in [-0.05, 0) is 42.4 Å². The average molecular weight is 353 g/mol. The zero-order valence-electron chi connectivity index (χ0n) is 13.1. The summed E-state index contributed by atoms with van der Waals surface area (Å²) in [5.74, 6) is 7.71. The summed E-state index contributed by atoms with van der Waals surface area (Å²) in [6.07, 6.45) is 5.88. The van der Waals surface area contributed by atoms with E-state index >= 15 is 0 Å². The highest BCUT2D eigenvalue weighted by Crippen LogP contribution is 2.36. The third-order valence-electron chi connectivity index (χ3n) is 4.15. The third-order valence-corrected chi connectivity index (χ3v) is 5.78. The van der Waals surface area contributed by atoms with Gasteiger partial charge in [-0.2, -0.15) is 5.21 Å². The number of H-pyrrole nitrogens is 1. The van der Waals surface area contributed by atoms with Crippen LogP contribution in [0.3, 0.4) is 0 Å². The first-order valence-corrected chi connectivity index (χ1v) is 9.84. The first kappa shape index (κ1) is 15.4. The highest BCUT2D eigenvalue weighted by atomic mass is 32.2. The second-order valence-electron chi connectivity index (χ2n) is 5.58. The van der Waals surface area contributed by atoms with Crippen LogP contribution in [0.2, 0.25) is 0 Å². The van der Waals surface area contributed by atoms with E-state index in [1.54, 1.807) is 23.1 Å². The van der Waals surface area contributed by atoms with Crippen molar-refractivity contribution in [2.45, 2.75) is 30.1 Å². The summed E-state index contributed by atoms with van der Waals surface area (Å²) in [7, 11) is 0. The molecule has 0 amide bonds. The van der Waals surface area contributed by atoms with Gasteiger partial charge in [-0.3, -0.25) is 0 Å². The SMILES string of the molecule is CSc1c(C#Cc2nc(C3CCC3)cs2)cccc1-c1nn[nH]n1. The summed E-state index contributed by atoms with van der Waals surface area (Å²) >= 11 is 3.27. The maximum absolute atomic E-state index is 4.67. The minimum absolute atomic E-state index is 0.588. The molecule has 3 aromatic rings. The second kappa shape index (κ2) is 6.75. The van der Waals surface area contributed by atoms with Gasteiger partial charge in [0.1, 0.15) is 0 Å². The number of hydrogen-bond acceptors (Lipinski definition) is 6. The number of thioether (sulfide) groups is 1. The standard InChI is InChI=1S/C17H15N5S2/c1-23-16-12(6-3-7-13(16)17-19-21-22-20-17)8-9-15-18-14(10-24-15)11-4-2-5-11/h3,6-7,10-11H,2,4-5H2,1H3,(H,19,20,21,22). The number of nitrogens with one attached hydrogen (secondary N) is 1. The van der Waals surface area contributed by atoms with Gasteiger partial charge in [0.2, 0.25) is 5.82 Å². The van der Waals surface area contributed by atoms with Crippen LogP contribution in [0.15, 0.2) is 28.5 Å². The molecule has 1 aromatic carbocycles. The van der Waals surface area contributed by atoms with Gasteiger partial charge in [0.25, 0.3) is 0 Å². The monoisotopic (exact) mass is 353 g/mol. The molecule has 5 nitrogen and oxygen atoms in total. The Bertz CT molecular complexity index is 901. The Morgan fingerprint density at radius 3 is 2.92 bits per heavy atom. The molecule has 0 bridgehead atoms. The van der Waals surface area contributed by atoms with Crippen molar-refractivity contribution in [2.75, 3.05) is 6.26 Å². The molecule has 1 fully saturated rings. The number of aromatic amines is 1. The van der Waals surface area contributed by atoms with Gasteiger partial charge < -0.3 is 0 Å². The number of tetrazole rings is 1. The number of aromatic nitrogens is 5. The summed E-state index contributed by atoms with van der Waals surface area (Å²) < 4.78 is 0. The predicted molar refractivity (Wildman–Crippen MR) is 96.1 cm³/mol. The van der Waals surface area contributed by atoms with Crippen LogP contribution >= 0.6 is 23.1 Å². The Kier molecular flexibility index (Phi) is 4.32. The average Bonchev–Trinajstić information content (AvgIpc) is 3.23. The van der Waals surface area contributed by atoms with Crippen LogP contribution in [0.1, 0.15) is 41.4 Å². The van der Waals surface area contributed by atoms with E-state index in [1.165, 1.54) is 25.0 Å². The summed E-state index contributed by atoms with van der Waals surface area (Å²) in [6.45, 7) is 0. The van der Waals surface area contributed by atoms with Crippen molar-refractivity contribution >= 4 is 23.1 Å². The first-order chi connectivity index (χ1) is 11.8. The van der Waals surface area contributed by atoms with Gasteiger partial charge in [-0.15, -0.1) is 33.3 Å². The van der Waals surface area contributed by atoms with Crippen molar-refractivity contribution in [3.8, 4) is 23.2 Å². The van der Waals surface area contributed by atoms with Crippen LogP contribution in [-0.2, 0) is 0 Å². The van der Waals surface area contributed by atoms with E-state index in [0.717, 1.165) is 21.0 Å². The Balaban J connectivity index is 1.65. The number of hydrogen-bond donors (Lipinski definition) is 1. The number of benzene rings is 1. The van der Waals surface area contributed by atoms with Gasteiger partial charge >= 0.3 is 0 Å². The molecule has 1 N–H and O–H groups in total. The summed E-state index contributed by atoms with van der Waals surface area (Å²) in [4.78, 5) is 5.73. The molecule has 0 aliphatic heterocycles. The van der Waals surface area contributed by atoms with Crippen molar-refractivity contribution < 1.29 is 0 Å². The number of rotatable bonds is 3. The normalized spacial score (nSPS) is 14.0. The van der Waals surface area contributed by atoms with Crippen LogP contribution < -0.4 is 0 Å². The summed E-state index contributed by atoms with van der Waals surface area (Å²) in [5, 5.41) is 17.3. The lowest BCUT2D eigenvalue weighted by Crippen LogP contribution is -2.08. The topological polar surface area (TPSA) is 67.3 Å². The van der Waals surface area contributed by atoms with Gasteiger partial charge in [-0.25, -0.2) is 4.98 Å². The smallest absolute Gasteiger partial charge is 0.205 e. The highest BCUT2D eigenvalue weighted by Gasteiger charge is 2.21. The Morgan fingerprint density at radius 2 is 2.21 bits per heavy atom. The van der Waals surface area contributed by atoms with Crippen molar-refractivity contribution in [1.82, 2.24) is 25.6 Å². The molecule has 2 heterocycles. The van der Waals surface area contributed by atoms with E-state index in [2.05, 4.69) is 42.8 Å². The molecule has 0 radical (unpaired) electrons. The van der Waals surface area contributed by atoms with Crippen molar-refractivity contribution in [2.24, 2.45) is 0 Å². The van der Waals surface area contributed by atoms with E-state index in [-0.39, 0.29) is 0 Å². The third kappa shape index (κ3) is 2.95. The Labute approximate surface area is 148 Å². The molecular formula is C17H15N5S2. The van der Waals surface area contributed by atoms with Crippen LogP contribution in [0.25, 0.3) is 11.4 Å². The molecule has 0 atom stereocenters. The van der Waals surface area contributed by atoms with Gasteiger partial charge in [0, 0.05) is 27.3 Å². The van der Waals surface area contributed by atoms with Gasteiger partial charge in [0.05, 0.1) is 5.69 Å². The van der Waals surface area contributed by atoms with Crippen LogP contribution in [-0.4, -0.2) is 31.9 Å². The maximum atomic E-state index is 4.67.